The van der Waals surface area contributed by atoms with Gasteiger partial charge in [0, 0.05) is 19.5 Å². The van der Waals surface area contributed by atoms with E-state index in [4.69, 9.17) is 0 Å². The largest absolute Gasteiger partial charge is 0.342 e. The molecule has 0 aliphatic carbocycles. The Kier molecular flexibility index (Phi) is 11.5. The Morgan fingerprint density at radius 3 is 2.35 bits per heavy atom. The van der Waals surface area contributed by atoms with E-state index in [9.17, 15) is 4.79 Å². The van der Waals surface area contributed by atoms with Crippen molar-refractivity contribution >= 4 is 5.91 Å². The van der Waals surface area contributed by atoms with Gasteiger partial charge in [-0.1, -0.05) is 78.6 Å². The maximum atomic E-state index is 12.4. The highest BCUT2D eigenvalue weighted by Crippen LogP contribution is 2.26. The highest BCUT2D eigenvalue weighted by Gasteiger charge is 2.26. The molecule has 1 aliphatic heterocycles. The molecule has 136 valence electrons. The predicted octanol–water partition coefficient (Wildman–Crippen LogP) is 6.19. The minimum atomic E-state index is 0.433. The van der Waals surface area contributed by atoms with Gasteiger partial charge in [0.05, 0.1) is 0 Å². The standard InChI is InChI=1S/C21H41NO/c1-4-7-9-10-11-12-14-20-15-16-22(21(23)17-20)18-19(6-3)13-8-5-2/h19-20H,4-18H2,1-3H3. The van der Waals surface area contributed by atoms with Crippen molar-refractivity contribution in [2.75, 3.05) is 13.1 Å². The Hall–Kier alpha value is -0.530. The first-order valence-electron chi connectivity index (χ1n) is 10.5. The first kappa shape index (κ1) is 20.5. The lowest BCUT2D eigenvalue weighted by Gasteiger charge is -2.34. The smallest absolute Gasteiger partial charge is 0.222 e. The van der Waals surface area contributed by atoms with Crippen LogP contribution in [0.1, 0.15) is 104 Å². The Morgan fingerprint density at radius 2 is 1.70 bits per heavy atom. The second-order valence-electron chi connectivity index (χ2n) is 7.67. The number of nitrogens with zero attached hydrogens (tertiary/aromatic N) is 1. The number of amides is 1. The minimum Gasteiger partial charge on any atom is -0.342 e. The van der Waals surface area contributed by atoms with Crippen LogP contribution >= 0.6 is 0 Å². The van der Waals surface area contributed by atoms with Crippen molar-refractivity contribution in [1.29, 1.82) is 0 Å². The van der Waals surface area contributed by atoms with Gasteiger partial charge in [-0.2, -0.15) is 0 Å². The van der Waals surface area contributed by atoms with Gasteiger partial charge in [-0.15, -0.1) is 0 Å². The van der Waals surface area contributed by atoms with Crippen molar-refractivity contribution in [3.05, 3.63) is 0 Å². The second kappa shape index (κ2) is 12.8. The molecule has 0 saturated carbocycles. The molecule has 0 aromatic carbocycles. The van der Waals surface area contributed by atoms with Gasteiger partial charge in [0.1, 0.15) is 0 Å². The Bertz CT molecular complexity index is 302. The van der Waals surface area contributed by atoms with Gasteiger partial charge in [-0.3, -0.25) is 4.79 Å². The van der Waals surface area contributed by atoms with Crippen LogP contribution in [-0.2, 0) is 4.79 Å². The lowest BCUT2D eigenvalue weighted by Crippen LogP contribution is -2.41. The third-order valence-electron chi connectivity index (χ3n) is 5.61. The number of hydrogen-bond acceptors (Lipinski definition) is 1. The summed E-state index contributed by atoms with van der Waals surface area (Å²) < 4.78 is 0. The molecule has 0 spiro atoms. The van der Waals surface area contributed by atoms with Crippen LogP contribution in [0.5, 0.6) is 0 Å². The average molecular weight is 324 g/mol. The molecule has 0 aromatic rings. The van der Waals surface area contributed by atoms with E-state index in [0.717, 1.165) is 19.5 Å². The maximum absolute atomic E-state index is 12.4. The number of rotatable bonds is 13. The molecule has 1 rings (SSSR count). The molecule has 1 saturated heterocycles. The van der Waals surface area contributed by atoms with Crippen molar-refractivity contribution in [3.8, 4) is 0 Å². The van der Waals surface area contributed by atoms with Crippen LogP contribution in [0.4, 0.5) is 0 Å². The molecule has 0 radical (unpaired) electrons. The highest BCUT2D eigenvalue weighted by molar-refractivity contribution is 5.77. The summed E-state index contributed by atoms with van der Waals surface area (Å²) in [6.45, 7) is 8.83. The average Bonchev–Trinajstić information content (AvgIpc) is 2.56. The summed E-state index contributed by atoms with van der Waals surface area (Å²) in [6, 6.07) is 0. The van der Waals surface area contributed by atoms with Gasteiger partial charge in [0.15, 0.2) is 0 Å². The normalized spacial score (nSPS) is 20.0. The van der Waals surface area contributed by atoms with Crippen molar-refractivity contribution in [3.63, 3.8) is 0 Å². The fourth-order valence-electron chi connectivity index (χ4n) is 3.82. The van der Waals surface area contributed by atoms with Gasteiger partial charge in [0.25, 0.3) is 0 Å². The zero-order chi connectivity index (χ0) is 16.9. The minimum absolute atomic E-state index is 0.433. The molecule has 2 nitrogen and oxygen atoms in total. The van der Waals surface area contributed by atoms with Gasteiger partial charge in [0.2, 0.25) is 5.91 Å². The molecular formula is C21H41NO. The van der Waals surface area contributed by atoms with Crippen LogP contribution < -0.4 is 0 Å². The summed E-state index contributed by atoms with van der Waals surface area (Å²) in [5, 5.41) is 0. The molecule has 1 aliphatic rings. The molecular weight excluding hydrogens is 282 g/mol. The summed E-state index contributed by atoms with van der Waals surface area (Å²) in [5.74, 6) is 1.82. The molecule has 1 heterocycles. The Morgan fingerprint density at radius 1 is 1.00 bits per heavy atom. The van der Waals surface area contributed by atoms with E-state index in [1.54, 1.807) is 0 Å². The van der Waals surface area contributed by atoms with Gasteiger partial charge >= 0.3 is 0 Å². The second-order valence-corrected chi connectivity index (χ2v) is 7.67. The van der Waals surface area contributed by atoms with Crippen LogP contribution in [0.25, 0.3) is 0 Å². The zero-order valence-electron chi connectivity index (χ0n) is 16.1. The van der Waals surface area contributed by atoms with Crippen LogP contribution in [0.2, 0.25) is 0 Å². The third-order valence-corrected chi connectivity index (χ3v) is 5.61. The molecule has 2 heteroatoms. The lowest BCUT2D eigenvalue weighted by molar-refractivity contribution is -0.135. The number of unbranched alkanes of at least 4 members (excludes halogenated alkanes) is 6. The fourth-order valence-corrected chi connectivity index (χ4v) is 3.82. The van der Waals surface area contributed by atoms with E-state index in [0.29, 0.717) is 17.7 Å². The van der Waals surface area contributed by atoms with E-state index >= 15 is 0 Å². The zero-order valence-corrected chi connectivity index (χ0v) is 16.1. The molecule has 0 aromatic heterocycles. The van der Waals surface area contributed by atoms with E-state index < -0.39 is 0 Å². The number of likely N-dealkylation sites (tertiary alicyclic amines) is 1. The molecule has 23 heavy (non-hydrogen) atoms. The van der Waals surface area contributed by atoms with Crippen LogP contribution in [0.15, 0.2) is 0 Å². The molecule has 2 unspecified atom stereocenters. The van der Waals surface area contributed by atoms with Crippen LogP contribution in [0.3, 0.4) is 0 Å². The SMILES string of the molecule is CCCCCCCCC1CCN(CC(CC)CCCC)C(=O)C1. The molecule has 0 N–H and O–H groups in total. The molecule has 1 amide bonds. The number of carbonyl (C=O) groups excluding carboxylic acids is 1. The van der Waals surface area contributed by atoms with E-state index in [1.165, 1.54) is 77.0 Å². The fraction of sp³-hybridized carbons (Fsp3) is 0.952. The van der Waals surface area contributed by atoms with Gasteiger partial charge < -0.3 is 4.90 Å². The van der Waals surface area contributed by atoms with Crippen molar-refractivity contribution in [2.45, 2.75) is 104 Å². The number of hydrogen-bond donors (Lipinski definition) is 0. The monoisotopic (exact) mass is 323 g/mol. The summed E-state index contributed by atoms with van der Waals surface area (Å²) in [5.41, 5.74) is 0. The van der Waals surface area contributed by atoms with Crippen LogP contribution in [-0.4, -0.2) is 23.9 Å². The third kappa shape index (κ3) is 8.77. The first-order chi connectivity index (χ1) is 11.2. The van der Waals surface area contributed by atoms with E-state index in [-0.39, 0.29) is 0 Å². The lowest BCUT2D eigenvalue weighted by atomic mass is 9.89. The van der Waals surface area contributed by atoms with E-state index in [2.05, 4.69) is 25.7 Å². The van der Waals surface area contributed by atoms with Crippen molar-refractivity contribution in [2.24, 2.45) is 11.8 Å². The molecule has 1 fully saturated rings. The van der Waals surface area contributed by atoms with Crippen molar-refractivity contribution < 1.29 is 4.79 Å². The Balaban J connectivity index is 2.18. The summed E-state index contributed by atoms with van der Waals surface area (Å²) >= 11 is 0. The van der Waals surface area contributed by atoms with Crippen LogP contribution in [0, 0.1) is 11.8 Å². The van der Waals surface area contributed by atoms with E-state index in [1.807, 2.05) is 0 Å². The number of carbonyl (C=O) groups is 1. The maximum Gasteiger partial charge on any atom is 0.222 e. The van der Waals surface area contributed by atoms with Gasteiger partial charge in [-0.05, 0) is 31.1 Å². The first-order valence-corrected chi connectivity index (χ1v) is 10.5. The quantitative estimate of drug-likeness (QED) is 0.370. The summed E-state index contributed by atoms with van der Waals surface area (Å²) in [6.07, 6.45) is 16.6. The summed E-state index contributed by atoms with van der Waals surface area (Å²) in [7, 11) is 0. The Labute approximate surface area is 145 Å². The summed E-state index contributed by atoms with van der Waals surface area (Å²) in [4.78, 5) is 14.6. The number of piperidine rings is 1. The van der Waals surface area contributed by atoms with Gasteiger partial charge in [-0.25, -0.2) is 0 Å². The molecule has 2 atom stereocenters. The van der Waals surface area contributed by atoms with Crippen molar-refractivity contribution in [1.82, 2.24) is 4.90 Å². The molecule has 0 bridgehead atoms. The predicted molar refractivity (Wildman–Crippen MR) is 101 cm³/mol. The highest BCUT2D eigenvalue weighted by atomic mass is 16.2. The topological polar surface area (TPSA) is 20.3 Å².